The quantitative estimate of drug-likeness (QED) is 0.889. The van der Waals surface area contributed by atoms with Gasteiger partial charge in [-0.05, 0) is 42.0 Å². The van der Waals surface area contributed by atoms with E-state index in [9.17, 15) is 4.79 Å². The Balaban J connectivity index is 1.35. The lowest BCUT2D eigenvalue weighted by Crippen LogP contribution is -3.18. The summed E-state index contributed by atoms with van der Waals surface area (Å²) in [4.78, 5) is 16.7. The molecule has 1 heterocycles. The predicted octanol–water partition coefficient (Wildman–Crippen LogP) is 3.27. The van der Waals surface area contributed by atoms with Crippen LogP contribution >= 0.6 is 0 Å². The number of rotatable bonds is 3. The minimum atomic E-state index is 0.186. The molecule has 4 rings (SSSR count). The highest BCUT2D eigenvalue weighted by Crippen LogP contribution is 2.22. The van der Waals surface area contributed by atoms with Gasteiger partial charge in [-0.3, -0.25) is 4.79 Å². The lowest BCUT2D eigenvalue weighted by Gasteiger charge is -2.39. The monoisotopic (exact) mass is 363 g/mol. The number of amides is 1. The van der Waals surface area contributed by atoms with Crippen LogP contribution in [0.1, 0.15) is 43.0 Å². The Morgan fingerprint density at radius 3 is 2.26 bits per heavy atom. The van der Waals surface area contributed by atoms with Gasteiger partial charge in [0.15, 0.2) is 0 Å². The Labute approximate surface area is 163 Å². The molecule has 1 aliphatic carbocycles. The minimum absolute atomic E-state index is 0.186. The molecule has 1 saturated carbocycles. The zero-order chi connectivity index (χ0) is 18.6. The van der Waals surface area contributed by atoms with Crippen molar-refractivity contribution in [2.24, 2.45) is 5.92 Å². The highest BCUT2D eigenvalue weighted by molar-refractivity contribution is 5.94. The van der Waals surface area contributed by atoms with Gasteiger partial charge in [-0.15, -0.1) is 0 Å². The third-order valence-electron chi connectivity index (χ3n) is 6.45. The number of nitrogens with one attached hydrogen (secondary N) is 1. The lowest BCUT2D eigenvalue weighted by atomic mass is 9.86. The smallest absolute Gasteiger partial charge is 0.254 e. The molecule has 142 valence electrons. The molecule has 0 unspecified atom stereocenters. The molecule has 0 spiro atoms. The van der Waals surface area contributed by atoms with E-state index in [2.05, 4.69) is 31.2 Å². The summed E-state index contributed by atoms with van der Waals surface area (Å²) >= 11 is 0. The van der Waals surface area contributed by atoms with Gasteiger partial charge in [0.25, 0.3) is 5.91 Å². The average Bonchev–Trinajstić information content (AvgIpc) is 2.74. The van der Waals surface area contributed by atoms with Gasteiger partial charge in [-0.1, -0.05) is 55.8 Å². The van der Waals surface area contributed by atoms with Gasteiger partial charge in [0.1, 0.15) is 0 Å². The van der Waals surface area contributed by atoms with Gasteiger partial charge in [0.2, 0.25) is 0 Å². The fourth-order valence-electron chi connectivity index (χ4n) is 4.83. The molecule has 2 aromatic carbocycles. The molecular weight excluding hydrogens is 332 g/mol. The maximum Gasteiger partial charge on any atom is 0.254 e. The first kappa shape index (κ1) is 18.2. The van der Waals surface area contributed by atoms with E-state index in [1.165, 1.54) is 31.2 Å². The van der Waals surface area contributed by atoms with Crippen molar-refractivity contribution in [2.45, 2.75) is 38.6 Å². The number of carbonyl (C=O) groups excluding carboxylic acids is 1. The zero-order valence-electron chi connectivity index (χ0n) is 16.4. The molecular formula is C24H31N2O+. The van der Waals surface area contributed by atoms with Crippen LogP contribution in [0.15, 0.2) is 54.6 Å². The second-order valence-electron chi connectivity index (χ2n) is 8.36. The van der Waals surface area contributed by atoms with Crippen LogP contribution in [0.25, 0.3) is 11.1 Å². The summed E-state index contributed by atoms with van der Waals surface area (Å²) in [5, 5.41) is 0. The SMILES string of the molecule is C[C@H]1CCC[C@H]([NH+]2CCN(C(=O)c3ccc(-c4ccccc4)cc3)CC2)C1. The van der Waals surface area contributed by atoms with Crippen LogP contribution in [0, 0.1) is 5.92 Å². The van der Waals surface area contributed by atoms with Gasteiger partial charge in [-0.2, -0.15) is 0 Å². The number of quaternary nitrogens is 1. The second kappa shape index (κ2) is 8.26. The van der Waals surface area contributed by atoms with Gasteiger partial charge in [-0.25, -0.2) is 0 Å². The molecule has 3 heteroatoms. The highest BCUT2D eigenvalue weighted by Gasteiger charge is 2.32. The van der Waals surface area contributed by atoms with E-state index in [0.29, 0.717) is 0 Å². The Bertz CT molecular complexity index is 748. The van der Waals surface area contributed by atoms with Crippen LogP contribution < -0.4 is 4.90 Å². The second-order valence-corrected chi connectivity index (χ2v) is 8.36. The number of nitrogens with zero attached hydrogens (tertiary/aromatic N) is 1. The fourth-order valence-corrected chi connectivity index (χ4v) is 4.83. The summed E-state index contributed by atoms with van der Waals surface area (Å²) in [5.41, 5.74) is 3.16. The van der Waals surface area contributed by atoms with Crippen LogP contribution in [0.4, 0.5) is 0 Å². The van der Waals surface area contributed by atoms with Crippen molar-refractivity contribution in [3.05, 3.63) is 60.2 Å². The normalized spacial score (nSPS) is 24.0. The molecule has 2 aromatic rings. The molecule has 2 fully saturated rings. The third-order valence-corrected chi connectivity index (χ3v) is 6.45. The summed E-state index contributed by atoms with van der Waals surface area (Å²) in [7, 11) is 0. The highest BCUT2D eigenvalue weighted by atomic mass is 16.2. The molecule has 2 aliphatic rings. The Kier molecular flexibility index (Phi) is 5.58. The van der Waals surface area contributed by atoms with E-state index in [-0.39, 0.29) is 5.91 Å². The van der Waals surface area contributed by atoms with E-state index >= 15 is 0 Å². The topological polar surface area (TPSA) is 24.8 Å². The summed E-state index contributed by atoms with van der Waals surface area (Å²) < 4.78 is 0. The van der Waals surface area contributed by atoms with E-state index in [4.69, 9.17) is 0 Å². The van der Waals surface area contributed by atoms with Crippen molar-refractivity contribution in [1.29, 1.82) is 0 Å². The van der Waals surface area contributed by atoms with Crippen LogP contribution in [0.5, 0.6) is 0 Å². The summed E-state index contributed by atoms with van der Waals surface area (Å²) in [5.74, 6) is 1.06. The van der Waals surface area contributed by atoms with Crippen LogP contribution in [0.3, 0.4) is 0 Å². The van der Waals surface area contributed by atoms with E-state index in [1.807, 2.05) is 35.2 Å². The molecule has 2 atom stereocenters. The Hall–Kier alpha value is -2.13. The number of carbonyl (C=O) groups is 1. The molecule has 0 aromatic heterocycles. The van der Waals surface area contributed by atoms with Crippen molar-refractivity contribution < 1.29 is 9.69 Å². The molecule has 1 aliphatic heterocycles. The summed E-state index contributed by atoms with van der Waals surface area (Å²) in [6, 6.07) is 19.2. The van der Waals surface area contributed by atoms with Gasteiger partial charge >= 0.3 is 0 Å². The summed E-state index contributed by atoms with van der Waals surface area (Å²) in [6.07, 6.45) is 5.51. The van der Waals surface area contributed by atoms with Crippen molar-refractivity contribution in [2.75, 3.05) is 26.2 Å². The van der Waals surface area contributed by atoms with Gasteiger partial charge in [0.05, 0.1) is 32.2 Å². The van der Waals surface area contributed by atoms with Crippen LogP contribution in [-0.4, -0.2) is 43.0 Å². The van der Waals surface area contributed by atoms with Crippen LogP contribution in [-0.2, 0) is 0 Å². The van der Waals surface area contributed by atoms with Gasteiger partial charge < -0.3 is 9.80 Å². The maximum absolute atomic E-state index is 12.9. The average molecular weight is 364 g/mol. The van der Waals surface area contributed by atoms with Crippen molar-refractivity contribution in [1.82, 2.24) is 4.90 Å². The molecule has 1 saturated heterocycles. The van der Waals surface area contributed by atoms with Crippen molar-refractivity contribution >= 4 is 5.91 Å². The third kappa shape index (κ3) is 4.24. The largest absolute Gasteiger partial charge is 0.330 e. The number of benzene rings is 2. The molecule has 0 bridgehead atoms. The van der Waals surface area contributed by atoms with E-state index in [1.54, 1.807) is 4.90 Å². The first-order valence-corrected chi connectivity index (χ1v) is 10.5. The van der Waals surface area contributed by atoms with E-state index < -0.39 is 0 Å². The molecule has 1 amide bonds. The number of piperazine rings is 1. The van der Waals surface area contributed by atoms with E-state index in [0.717, 1.165) is 49.3 Å². The van der Waals surface area contributed by atoms with Crippen molar-refractivity contribution in [3.63, 3.8) is 0 Å². The Morgan fingerprint density at radius 1 is 0.926 bits per heavy atom. The fraction of sp³-hybridized carbons (Fsp3) is 0.458. The van der Waals surface area contributed by atoms with Crippen molar-refractivity contribution in [3.8, 4) is 11.1 Å². The lowest BCUT2D eigenvalue weighted by molar-refractivity contribution is -0.930. The number of hydrogen-bond acceptors (Lipinski definition) is 1. The maximum atomic E-state index is 12.9. The first-order chi connectivity index (χ1) is 13.2. The van der Waals surface area contributed by atoms with Crippen LogP contribution in [0.2, 0.25) is 0 Å². The zero-order valence-corrected chi connectivity index (χ0v) is 16.4. The molecule has 1 N–H and O–H groups in total. The Morgan fingerprint density at radius 2 is 1.59 bits per heavy atom. The minimum Gasteiger partial charge on any atom is -0.330 e. The first-order valence-electron chi connectivity index (χ1n) is 10.5. The molecule has 3 nitrogen and oxygen atoms in total. The molecule has 27 heavy (non-hydrogen) atoms. The van der Waals surface area contributed by atoms with Gasteiger partial charge in [0, 0.05) is 12.0 Å². The summed E-state index contributed by atoms with van der Waals surface area (Å²) in [6.45, 7) is 6.37. The predicted molar refractivity (Wildman–Crippen MR) is 110 cm³/mol. The standard InChI is InChI=1S/C24H30N2O/c1-19-6-5-9-23(18-19)25-14-16-26(17-15-25)24(27)22-12-10-21(11-13-22)20-7-3-2-4-8-20/h2-4,7-8,10-13,19,23H,5-6,9,14-18H2,1H3/p+1/t19-,23-/m0/s1. The molecule has 0 radical (unpaired) electrons. The number of hydrogen-bond donors (Lipinski definition) is 1.